The number of benzene rings is 1. The molecule has 0 aliphatic rings. The molecule has 3 nitrogen and oxygen atoms in total. The molecule has 104 valence electrons. The molecule has 0 fully saturated rings. The average molecular weight is 267 g/mol. The van der Waals surface area contributed by atoms with Crippen LogP contribution in [0.25, 0.3) is 0 Å². The molecule has 20 heavy (non-hydrogen) atoms. The van der Waals surface area contributed by atoms with Crippen LogP contribution in [-0.2, 0) is 13.0 Å². The molecule has 0 bridgehead atoms. The zero-order valence-electron chi connectivity index (χ0n) is 12.2. The van der Waals surface area contributed by atoms with Crippen LogP contribution in [0.2, 0.25) is 0 Å². The monoisotopic (exact) mass is 267 g/mol. The van der Waals surface area contributed by atoms with Crippen LogP contribution in [0.1, 0.15) is 42.3 Å². The number of anilines is 1. The van der Waals surface area contributed by atoms with Gasteiger partial charge in [0, 0.05) is 18.7 Å². The summed E-state index contributed by atoms with van der Waals surface area (Å²) in [5.74, 6) is 0. The first-order valence-electron chi connectivity index (χ1n) is 7.09. The molecule has 0 atom stereocenters. The van der Waals surface area contributed by atoms with Crippen LogP contribution < -0.4 is 5.73 Å². The molecule has 1 heterocycles. The second-order valence-electron chi connectivity index (χ2n) is 5.21. The normalized spacial score (nSPS) is 10.4. The van der Waals surface area contributed by atoms with Crippen molar-refractivity contribution in [1.82, 2.24) is 4.57 Å². The highest BCUT2D eigenvalue weighted by Crippen LogP contribution is 2.22. The first kappa shape index (κ1) is 14.2. The molecule has 0 unspecified atom stereocenters. The molecule has 0 radical (unpaired) electrons. The zero-order valence-corrected chi connectivity index (χ0v) is 12.2. The fraction of sp³-hybridized carbons (Fsp3) is 0.353. The van der Waals surface area contributed by atoms with Crippen LogP contribution in [0, 0.1) is 18.3 Å². The predicted octanol–water partition coefficient (Wildman–Crippen LogP) is 3.64. The number of hydrogen-bond donors (Lipinski definition) is 1. The molecule has 2 aromatic rings. The van der Waals surface area contributed by atoms with Gasteiger partial charge in [0.15, 0.2) is 0 Å². The lowest BCUT2D eigenvalue weighted by Gasteiger charge is -2.11. The topological polar surface area (TPSA) is 54.7 Å². The summed E-state index contributed by atoms with van der Waals surface area (Å²) in [5.41, 5.74) is 11.0. The third-order valence-electron chi connectivity index (χ3n) is 3.55. The molecule has 0 amide bonds. The van der Waals surface area contributed by atoms with Gasteiger partial charge in [-0.1, -0.05) is 43.2 Å². The van der Waals surface area contributed by atoms with Gasteiger partial charge in [0.05, 0.1) is 5.69 Å². The van der Waals surface area contributed by atoms with Crippen molar-refractivity contribution in [2.75, 3.05) is 5.73 Å². The molecule has 0 saturated carbocycles. The lowest BCUT2D eigenvalue weighted by Crippen LogP contribution is -2.07. The van der Waals surface area contributed by atoms with Gasteiger partial charge in [0.25, 0.3) is 0 Å². The number of hydrogen-bond acceptors (Lipinski definition) is 2. The van der Waals surface area contributed by atoms with Crippen LogP contribution in [0.15, 0.2) is 30.3 Å². The first-order valence-corrected chi connectivity index (χ1v) is 7.09. The van der Waals surface area contributed by atoms with E-state index >= 15 is 0 Å². The van der Waals surface area contributed by atoms with E-state index in [0.29, 0.717) is 5.69 Å². The standard InChI is InChI=1S/C17H21N3/c1-3-4-8-20-15(12-18)11-16(19)17(20)10-14-7-5-6-13(2)9-14/h5-7,9,11H,3-4,8,10,19H2,1-2H3. The van der Waals surface area contributed by atoms with Gasteiger partial charge in [0.2, 0.25) is 0 Å². The van der Waals surface area contributed by atoms with Crippen molar-refractivity contribution in [2.45, 2.75) is 39.7 Å². The highest BCUT2D eigenvalue weighted by atomic mass is 15.0. The van der Waals surface area contributed by atoms with Gasteiger partial charge in [-0.3, -0.25) is 0 Å². The number of unbranched alkanes of at least 4 members (excludes halogenated alkanes) is 1. The Morgan fingerprint density at radius 3 is 2.75 bits per heavy atom. The molecule has 0 saturated heterocycles. The molecular formula is C17H21N3. The average Bonchev–Trinajstić information content (AvgIpc) is 2.73. The number of rotatable bonds is 5. The van der Waals surface area contributed by atoms with E-state index in [1.807, 2.05) is 0 Å². The molecule has 0 spiro atoms. The molecule has 3 heteroatoms. The fourth-order valence-corrected chi connectivity index (χ4v) is 2.49. The number of aryl methyl sites for hydroxylation is 1. The Morgan fingerprint density at radius 2 is 2.10 bits per heavy atom. The van der Waals surface area contributed by atoms with Crippen molar-refractivity contribution in [2.24, 2.45) is 0 Å². The minimum absolute atomic E-state index is 0.665. The maximum Gasteiger partial charge on any atom is 0.122 e. The Labute approximate surface area is 120 Å². The molecule has 0 aliphatic heterocycles. The third-order valence-corrected chi connectivity index (χ3v) is 3.55. The zero-order chi connectivity index (χ0) is 14.5. The Morgan fingerprint density at radius 1 is 1.30 bits per heavy atom. The van der Waals surface area contributed by atoms with Gasteiger partial charge >= 0.3 is 0 Å². The molecule has 1 aromatic carbocycles. The molecule has 1 aromatic heterocycles. The Balaban J connectivity index is 2.35. The van der Waals surface area contributed by atoms with E-state index in [1.165, 1.54) is 11.1 Å². The SMILES string of the molecule is CCCCn1c(C#N)cc(N)c1Cc1cccc(C)c1. The van der Waals surface area contributed by atoms with Crippen LogP contribution in [0.4, 0.5) is 5.69 Å². The number of nitrogens with two attached hydrogens (primary N) is 1. The van der Waals surface area contributed by atoms with Gasteiger partial charge < -0.3 is 10.3 Å². The second kappa shape index (κ2) is 6.29. The minimum atomic E-state index is 0.665. The Bertz CT molecular complexity index is 632. The summed E-state index contributed by atoms with van der Waals surface area (Å²) in [6.45, 7) is 5.10. The Hall–Kier alpha value is -2.21. The van der Waals surface area contributed by atoms with E-state index < -0.39 is 0 Å². The summed E-state index contributed by atoms with van der Waals surface area (Å²) in [6, 6.07) is 12.5. The van der Waals surface area contributed by atoms with E-state index in [9.17, 15) is 5.26 Å². The summed E-state index contributed by atoms with van der Waals surface area (Å²) in [7, 11) is 0. The Kier molecular flexibility index (Phi) is 4.47. The summed E-state index contributed by atoms with van der Waals surface area (Å²) < 4.78 is 2.07. The first-order chi connectivity index (χ1) is 9.65. The van der Waals surface area contributed by atoms with E-state index in [-0.39, 0.29) is 0 Å². The van der Waals surface area contributed by atoms with Crippen LogP contribution >= 0.6 is 0 Å². The van der Waals surface area contributed by atoms with E-state index in [1.54, 1.807) is 6.07 Å². The summed E-state index contributed by atoms with van der Waals surface area (Å²) in [5, 5.41) is 9.24. The number of nitrogens with zero attached hydrogens (tertiary/aromatic N) is 2. The van der Waals surface area contributed by atoms with Crippen molar-refractivity contribution < 1.29 is 0 Å². The number of nitrogen functional groups attached to an aromatic ring is 1. The van der Waals surface area contributed by atoms with Crippen molar-refractivity contribution in [3.05, 3.63) is 52.8 Å². The summed E-state index contributed by atoms with van der Waals surface area (Å²) >= 11 is 0. The molecule has 2 rings (SSSR count). The van der Waals surface area contributed by atoms with Crippen LogP contribution in [0.3, 0.4) is 0 Å². The van der Waals surface area contributed by atoms with E-state index in [4.69, 9.17) is 5.73 Å². The summed E-state index contributed by atoms with van der Waals surface area (Å²) in [6.07, 6.45) is 2.94. The highest BCUT2D eigenvalue weighted by molar-refractivity contribution is 5.52. The predicted molar refractivity (Wildman–Crippen MR) is 82.5 cm³/mol. The molecule has 0 aliphatic carbocycles. The quantitative estimate of drug-likeness (QED) is 0.899. The van der Waals surface area contributed by atoms with Crippen molar-refractivity contribution in [1.29, 1.82) is 5.26 Å². The molecular weight excluding hydrogens is 246 g/mol. The smallest absolute Gasteiger partial charge is 0.122 e. The van der Waals surface area contributed by atoms with Gasteiger partial charge in [-0.25, -0.2) is 0 Å². The highest BCUT2D eigenvalue weighted by Gasteiger charge is 2.13. The van der Waals surface area contributed by atoms with Gasteiger partial charge in [0.1, 0.15) is 11.8 Å². The second-order valence-corrected chi connectivity index (χ2v) is 5.21. The van der Waals surface area contributed by atoms with Crippen LogP contribution in [-0.4, -0.2) is 4.57 Å². The number of nitriles is 1. The number of aromatic nitrogens is 1. The minimum Gasteiger partial charge on any atom is -0.397 e. The van der Waals surface area contributed by atoms with E-state index in [0.717, 1.165) is 37.2 Å². The molecule has 2 N–H and O–H groups in total. The summed E-state index contributed by atoms with van der Waals surface area (Å²) in [4.78, 5) is 0. The van der Waals surface area contributed by atoms with Gasteiger partial charge in [-0.15, -0.1) is 0 Å². The lowest BCUT2D eigenvalue weighted by molar-refractivity contribution is 0.611. The van der Waals surface area contributed by atoms with Gasteiger partial charge in [-0.05, 0) is 25.0 Å². The van der Waals surface area contributed by atoms with Crippen molar-refractivity contribution in [3.63, 3.8) is 0 Å². The lowest BCUT2D eigenvalue weighted by atomic mass is 10.1. The van der Waals surface area contributed by atoms with E-state index in [2.05, 4.69) is 48.7 Å². The largest absolute Gasteiger partial charge is 0.397 e. The maximum absolute atomic E-state index is 9.24. The fourth-order valence-electron chi connectivity index (χ4n) is 2.49. The maximum atomic E-state index is 9.24. The van der Waals surface area contributed by atoms with Gasteiger partial charge in [-0.2, -0.15) is 5.26 Å². The van der Waals surface area contributed by atoms with Crippen molar-refractivity contribution in [3.8, 4) is 6.07 Å². The van der Waals surface area contributed by atoms with Crippen LogP contribution in [0.5, 0.6) is 0 Å². The van der Waals surface area contributed by atoms with Crippen molar-refractivity contribution >= 4 is 5.69 Å². The third kappa shape index (κ3) is 3.03.